The molecule has 0 spiro atoms. The maximum Gasteiger partial charge on any atom is 0.252 e. The predicted molar refractivity (Wildman–Crippen MR) is 70.6 cm³/mol. The molecule has 0 atom stereocenters. The van der Waals surface area contributed by atoms with Gasteiger partial charge in [0, 0.05) is 25.5 Å². The SMILES string of the molecule is O=C(NCCCn1ccnc1)c1ccc(F)cc1Cl. The number of halogens is 2. The number of benzene rings is 1. The third-order valence-corrected chi connectivity index (χ3v) is 2.93. The number of hydrogen-bond acceptors (Lipinski definition) is 2. The van der Waals surface area contributed by atoms with Crippen molar-refractivity contribution in [2.24, 2.45) is 0 Å². The smallest absolute Gasteiger partial charge is 0.252 e. The van der Waals surface area contributed by atoms with Gasteiger partial charge in [-0.25, -0.2) is 9.37 Å². The molecule has 2 rings (SSSR count). The van der Waals surface area contributed by atoms with Crippen molar-refractivity contribution in [1.82, 2.24) is 14.9 Å². The highest BCUT2D eigenvalue weighted by Gasteiger charge is 2.10. The quantitative estimate of drug-likeness (QED) is 0.856. The Balaban J connectivity index is 1.81. The first-order valence-electron chi connectivity index (χ1n) is 5.86. The molecule has 2 aromatic rings. The highest BCUT2D eigenvalue weighted by molar-refractivity contribution is 6.33. The number of imidazole rings is 1. The molecule has 0 bridgehead atoms. The molecule has 0 aliphatic heterocycles. The summed E-state index contributed by atoms with van der Waals surface area (Å²) >= 11 is 5.81. The van der Waals surface area contributed by atoms with Crippen molar-refractivity contribution in [3.8, 4) is 0 Å². The lowest BCUT2D eigenvalue weighted by atomic mass is 10.2. The summed E-state index contributed by atoms with van der Waals surface area (Å²) in [4.78, 5) is 15.7. The van der Waals surface area contributed by atoms with Gasteiger partial charge in [0.15, 0.2) is 0 Å². The number of carbonyl (C=O) groups is 1. The molecule has 0 aliphatic carbocycles. The Morgan fingerprint density at radius 1 is 1.47 bits per heavy atom. The molecule has 100 valence electrons. The monoisotopic (exact) mass is 281 g/mol. The van der Waals surface area contributed by atoms with E-state index in [9.17, 15) is 9.18 Å². The molecule has 1 aromatic carbocycles. The fourth-order valence-electron chi connectivity index (χ4n) is 1.65. The number of nitrogens with zero attached hydrogens (tertiary/aromatic N) is 2. The summed E-state index contributed by atoms with van der Waals surface area (Å²) in [5, 5.41) is 2.86. The Kier molecular flexibility index (Phi) is 4.52. The average Bonchev–Trinajstić information content (AvgIpc) is 2.87. The second-order valence-corrected chi connectivity index (χ2v) is 4.44. The molecule has 0 saturated carbocycles. The van der Waals surface area contributed by atoms with Gasteiger partial charge in [-0.1, -0.05) is 11.6 Å². The molecule has 0 saturated heterocycles. The van der Waals surface area contributed by atoms with E-state index in [4.69, 9.17) is 11.6 Å². The molecular formula is C13H13ClFN3O. The zero-order valence-corrected chi connectivity index (χ0v) is 10.9. The average molecular weight is 282 g/mol. The summed E-state index contributed by atoms with van der Waals surface area (Å²) < 4.78 is 14.8. The van der Waals surface area contributed by atoms with Crippen LogP contribution in [0.15, 0.2) is 36.9 Å². The molecule has 1 heterocycles. The number of nitrogens with one attached hydrogen (secondary N) is 1. The van der Waals surface area contributed by atoms with E-state index < -0.39 is 5.82 Å². The van der Waals surface area contributed by atoms with E-state index in [-0.39, 0.29) is 16.5 Å². The van der Waals surface area contributed by atoms with Crippen molar-refractivity contribution < 1.29 is 9.18 Å². The summed E-state index contributed by atoms with van der Waals surface area (Å²) in [6, 6.07) is 3.72. The minimum Gasteiger partial charge on any atom is -0.352 e. The van der Waals surface area contributed by atoms with Crippen molar-refractivity contribution in [1.29, 1.82) is 0 Å². The van der Waals surface area contributed by atoms with Gasteiger partial charge in [0.1, 0.15) is 5.82 Å². The number of amides is 1. The Morgan fingerprint density at radius 3 is 3.00 bits per heavy atom. The number of hydrogen-bond donors (Lipinski definition) is 1. The van der Waals surface area contributed by atoms with Crippen molar-refractivity contribution >= 4 is 17.5 Å². The molecular weight excluding hydrogens is 269 g/mol. The van der Waals surface area contributed by atoms with Gasteiger partial charge >= 0.3 is 0 Å². The third-order valence-electron chi connectivity index (χ3n) is 2.61. The number of aryl methyl sites for hydroxylation is 1. The van der Waals surface area contributed by atoms with Crippen LogP contribution < -0.4 is 5.32 Å². The maximum atomic E-state index is 12.8. The van der Waals surface area contributed by atoms with E-state index in [1.165, 1.54) is 12.1 Å². The lowest BCUT2D eigenvalue weighted by Gasteiger charge is -2.07. The van der Waals surface area contributed by atoms with Crippen LogP contribution in [0.3, 0.4) is 0 Å². The zero-order valence-electron chi connectivity index (χ0n) is 10.1. The molecule has 4 nitrogen and oxygen atoms in total. The fourth-order valence-corrected chi connectivity index (χ4v) is 1.90. The second kappa shape index (κ2) is 6.33. The van der Waals surface area contributed by atoms with E-state index in [1.807, 2.05) is 10.8 Å². The summed E-state index contributed by atoms with van der Waals surface area (Å²) in [5.74, 6) is -0.753. The first-order chi connectivity index (χ1) is 9.16. The molecule has 0 fully saturated rings. The van der Waals surface area contributed by atoms with Crippen LogP contribution in [-0.4, -0.2) is 22.0 Å². The van der Waals surface area contributed by atoms with Crippen LogP contribution in [0.4, 0.5) is 4.39 Å². The first-order valence-corrected chi connectivity index (χ1v) is 6.23. The standard InChI is InChI=1S/C13H13ClFN3O/c14-12-8-10(15)2-3-11(12)13(19)17-4-1-6-18-7-5-16-9-18/h2-3,5,7-9H,1,4,6H2,(H,17,19). The van der Waals surface area contributed by atoms with Crippen LogP contribution in [0.25, 0.3) is 0 Å². The molecule has 6 heteroatoms. The Bertz CT molecular complexity index is 557. The van der Waals surface area contributed by atoms with E-state index in [2.05, 4.69) is 10.3 Å². The lowest BCUT2D eigenvalue weighted by molar-refractivity contribution is 0.0953. The number of rotatable bonds is 5. The van der Waals surface area contributed by atoms with Crippen LogP contribution in [0.2, 0.25) is 5.02 Å². The topological polar surface area (TPSA) is 46.9 Å². The van der Waals surface area contributed by atoms with Gasteiger partial charge in [-0.3, -0.25) is 4.79 Å². The third kappa shape index (κ3) is 3.79. The molecule has 0 radical (unpaired) electrons. The highest BCUT2D eigenvalue weighted by atomic mass is 35.5. The normalized spacial score (nSPS) is 10.4. The van der Waals surface area contributed by atoms with Crippen LogP contribution in [0.5, 0.6) is 0 Å². The highest BCUT2D eigenvalue weighted by Crippen LogP contribution is 2.16. The summed E-state index contributed by atoms with van der Waals surface area (Å²) in [6.45, 7) is 1.29. The molecule has 1 amide bonds. The van der Waals surface area contributed by atoms with Gasteiger partial charge in [-0.15, -0.1) is 0 Å². The van der Waals surface area contributed by atoms with E-state index in [0.29, 0.717) is 6.54 Å². The van der Waals surface area contributed by atoms with E-state index in [1.54, 1.807) is 12.5 Å². The van der Waals surface area contributed by atoms with Crippen LogP contribution in [0, 0.1) is 5.82 Å². The molecule has 0 unspecified atom stereocenters. The van der Waals surface area contributed by atoms with Gasteiger partial charge in [0.05, 0.1) is 16.9 Å². The summed E-state index contributed by atoms with van der Waals surface area (Å²) in [7, 11) is 0. The van der Waals surface area contributed by atoms with Gasteiger partial charge in [0.2, 0.25) is 0 Å². The molecule has 1 aromatic heterocycles. The number of carbonyl (C=O) groups excluding carboxylic acids is 1. The van der Waals surface area contributed by atoms with Crippen LogP contribution in [-0.2, 0) is 6.54 Å². The van der Waals surface area contributed by atoms with Crippen LogP contribution in [0.1, 0.15) is 16.8 Å². The number of aromatic nitrogens is 2. The Labute approximate surface area is 115 Å². The Morgan fingerprint density at radius 2 is 2.32 bits per heavy atom. The minimum absolute atomic E-state index is 0.118. The minimum atomic E-state index is -0.457. The van der Waals surface area contributed by atoms with Crippen molar-refractivity contribution in [2.45, 2.75) is 13.0 Å². The van der Waals surface area contributed by atoms with Crippen molar-refractivity contribution in [3.05, 3.63) is 53.3 Å². The molecule has 0 aliphatic rings. The molecule has 1 N–H and O–H groups in total. The van der Waals surface area contributed by atoms with Crippen molar-refractivity contribution in [3.63, 3.8) is 0 Å². The fraction of sp³-hybridized carbons (Fsp3) is 0.231. The summed E-state index contributed by atoms with van der Waals surface area (Å²) in [5.41, 5.74) is 0.283. The maximum absolute atomic E-state index is 12.8. The van der Waals surface area contributed by atoms with Gasteiger partial charge < -0.3 is 9.88 Å². The zero-order chi connectivity index (χ0) is 13.7. The van der Waals surface area contributed by atoms with E-state index >= 15 is 0 Å². The van der Waals surface area contributed by atoms with Gasteiger partial charge in [-0.2, -0.15) is 0 Å². The first kappa shape index (κ1) is 13.5. The van der Waals surface area contributed by atoms with Crippen LogP contribution >= 0.6 is 11.6 Å². The predicted octanol–water partition coefficient (Wildman–Crippen LogP) is 2.50. The van der Waals surface area contributed by atoms with Crippen molar-refractivity contribution in [2.75, 3.05) is 6.54 Å². The summed E-state index contributed by atoms with van der Waals surface area (Å²) in [6.07, 6.45) is 6.06. The van der Waals surface area contributed by atoms with E-state index in [0.717, 1.165) is 19.0 Å². The Hall–Kier alpha value is -1.88. The van der Waals surface area contributed by atoms with Gasteiger partial charge in [0.25, 0.3) is 5.91 Å². The largest absolute Gasteiger partial charge is 0.352 e. The van der Waals surface area contributed by atoms with Gasteiger partial charge in [-0.05, 0) is 24.6 Å². The second-order valence-electron chi connectivity index (χ2n) is 4.03. The lowest BCUT2D eigenvalue weighted by Crippen LogP contribution is -2.25. The molecule has 19 heavy (non-hydrogen) atoms.